The fourth-order valence-electron chi connectivity index (χ4n) is 1.32. The van der Waals surface area contributed by atoms with E-state index in [9.17, 15) is 8.78 Å². The summed E-state index contributed by atoms with van der Waals surface area (Å²) in [6.45, 7) is -0.313. The maximum atomic E-state index is 12.2. The molecule has 1 heterocycles. The van der Waals surface area contributed by atoms with Gasteiger partial charge < -0.3 is 4.57 Å². The third kappa shape index (κ3) is 1.77. The maximum Gasteiger partial charge on any atom is 0.256 e. The number of aromatic nitrogens is 2. The van der Waals surface area contributed by atoms with Gasteiger partial charge in [0.15, 0.2) is 0 Å². The first kappa shape index (κ1) is 9.58. The van der Waals surface area contributed by atoms with Gasteiger partial charge >= 0.3 is 0 Å². The van der Waals surface area contributed by atoms with E-state index in [1.54, 1.807) is 12.1 Å². The molecule has 1 aromatic carbocycles. The van der Waals surface area contributed by atoms with Gasteiger partial charge in [-0.3, -0.25) is 0 Å². The van der Waals surface area contributed by atoms with Crippen LogP contribution in [0.4, 0.5) is 8.78 Å². The van der Waals surface area contributed by atoms with Crippen LogP contribution in [0.15, 0.2) is 29.0 Å². The van der Waals surface area contributed by atoms with E-state index in [0.717, 1.165) is 15.5 Å². The van der Waals surface area contributed by atoms with Gasteiger partial charge in [-0.1, -0.05) is 15.9 Å². The highest BCUT2D eigenvalue weighted by molar-refractivity contribution is 9.10. The smallest absolute Gasteiger partial charge is 0.256 e. The number of hydrogen-bond acceptors (Lipinski definition) is 1. The Balaban J connectivity index is 2.50. The SMILES string of the molecule is FC(F)Cn1cnc2ccc(Br)cc21. The average molecular weight is 261 g/mol. The second-order valence-electron chi connectivity index (χ2n) is 2.92. The van der Waals surface area contributed by atoms with E-state index in [-0.39, 0.29) is 6.54 Å². The zero-order valence-corrected chi connectivity index (χ0v) is 8.71. The van der Waals surface area contributed by atoms with Crippen LogP contribution in [0.1, 0.15) is 0 Å². The molecule has 2 nitrogen and oxygen atoms in total. The van der Waals surface area contributed by atoms with Crippen molar-refractivity contribution in [3.8, 4) is 0 Å². The summed E-state index contributed by atoms with van der Waals surface area (Å²) in [5.74, 6) is 0. The molecule has 0 aliphatic carbocycles. The van der Waals surface area contributed by atoms with Crippen molar-refractivity contribution in [1.29, 1.82) is 0 Å². The summed E-state index contributed by atoms with van der Waals surface area (Å²) in [5, 5.41) is 0. The van der Waals surface area contributed by atoms with Crippen molar-refractivity contribution >= 4 is 27.0 Å². The van der Waals surface area contributed by atoms with E-state index < -0.39 is 6.43 Å². The van der Waals surface area contributed by atoms with Crippen LogP contribution in [-0.2, 0) is 6.54 Å². The van der Waals surface area contributed by atoms with Crippen molar-refractivity contribution in [1.82, 2.24) is 9.55 Å². The quantitative estimate of drug-likeness (QED) is 0.812. The standard InChI is InChI=1S/C9H7BrF2N2/c10-6-1-2-7-8(3-6)14(5-13-7)4-9(11)12/h1-3,5,9H,4H2. The lowest BCUT2D eigenvalue weighted by Gasteiger charge is -2.02. The van der Waals surface area contributed by atoms with Gasteiger partial charge in [-0.2, -0.15) is 0 Å². The number of rotatable bonds is 2. The van der Waals surface area contributed by atoms with E-state index in [1.807, 2.05) is 6.07 Å². The van der Waals surface area contributed by atoms with Crippen LogP contribution in [0.3, 0.4) is 0 Å². The lowest BCUT2D eigenvalue weighted by Crippen LogP contribution is -2.04. The average Bonchev–Trinajstić information content (AvgIpc) is 2.47. The summed E-state index contributed by atoms with van der Waals surface area (Å²) in [7, 11) is 0. The van der Waals surface area contributed by atoms with Gasteiger partial charge in [-0.15, -0.1) is 0 Å². The summed E-state index contributed by atoms with van der Waals surface area (Å²) >= 11 is 3.29. The minimum absolute atomic E-state index is 0.313. The largest absolute Gasteiger partial charge is 0.325 e. The van der Waals surface area contributed by atoms with Crippen LogP contribution in [0.5, 0.6) is 0 Å². The predicted molar refractivity (Wildman–Crippen MR) is 53.4 cm³/mol. The van der Waals surface area contributed by atoms with Gasteiger partial charge in [0.2, 0.25) is 0 Å². The predicted octanol–water partition coefficient (Wildman–Crippen LogP) is 3.06. The minimum Gasteiger partial charge on any atom is -0.325 e. The van der Waals surface area contributed by atoms with Crippen molar-refractivity contribution < 1.29 is 8.78 Å². The first-order valence-corrected chi connectivity index (χ1v) is 4.84. The molecule has 2 rings (SSSR count). The molecular formula is C9H7BrF2N2. The first-order chi connectivity index (χ1) is 6.66. The van der Waals surface area contributed by atoms with Gasteiger partial charge in [0, 0.05) is 4.47 Å². The molecule has 0 amide bonds. The molecule has 5 heteroatoms. The monoisotopic (exact) mass is 260 g/mol. The molecule has 0 radical (unpaired) electrons. The lowest BCUT2D eigenvalue weighted by atomic mass is 10.3. The Morgan fingerprint density at radius 1 is 1.43 bits per heavy atom. The van der Waals surface area contributed by atoms with Crippen LogP contribution in [-0.4, -0.2) is 16.0 Å². The summed E-state index contributed by atoms with van der Waals surface area (Å²) < 4.78 is 26.6. The van der Waals surface area contributed by atoms with Crippen LogP contribution in [0, 0.1) is 0 Å². The number of alkyl halides is 2. The highest BCUT2D eigenvalue weighted by atomic mass is 79.9. The molecule has 0 saturated heterocycles. The van der Waals surface area contributed by atoms with E-state index in [0.29, 0.717) is 0 Å². The molecule has 0 unspecified atom stereocenters. The second-order valence-corrected chi connectivity index (χ2v) is 3.84. The van der Waals surface area contributed by atoms with E-state index >= 15 is 0 Å². The number of halogens is 3. The Hall–Kier alpha value is -0.970. The Morgan fingerprint density at radius 3 is 2.93 bits per heavy atom. The van der Waals surface area contributed by atoms with E-state index in [4.69, 9.17) is 0 Å². The van der Waals surface area contributed by atoms with Gasteiger partial charge in [0.05, 0.1) is 23.9 Å². The lowest BCUT2D eigenvalue weighted by molar-refractivity contribution is 0.128. The summed E-state index contributed by atoms with van der Waals surface area (Å²) in [4.78, 5) is 4.02. The number of benzene rings is 1. The highest BCUT2D eigenvalue weighted by Crippen LogP contribution is 2.19. The number of imidazole rings is 1. The molecule has 0 spiro atoms. The Bertz CT molecular complexity index is 453. The molecule has 14 heavy (non-hydrogen) atoms. The molecule has 2 aromatic rings. The molecule has 0 fully saturated rings. The van der Waals surface area contributed by atoms with E-state index in [1.165, 1.54) is 10.9 Å². The molecule has 0 aliphatic heterocycles. The summed E-state index contributed by atoms with van der Waals surface area (Å²) in [6.07, 6.45) is -0.921. The van der Waals surface area contributed by atoms with Crippen molar-refractivity contribution in [3.05, 3.63) is 29.0 Å². The topological polar surface area (TPSA) is 17.8 Å². The maximum absolute atomic E-state index is 12.2. The summed E-state index contributed by atoms with van der Waals surface area (Å²) in [5.41, 5.74) is 1.45. The van der Waals surface area contributed by atoms with Crippen LogP contribution in [0.25, 0.3) is 11.0 Å². The van der Waals surface area contributed by atoms with Gasteiger partial charge in [0.1, 0.15) is 0 Å². The van der Waals surface area contributed by atoms with Crippen molar-refractivity contribution in [2.75, 3.05) is 0 Å². The van der Waals surface area contributed by atoms with Crippen molar-refractivity contribution in [2.24, 2.45) is 0 Å². The number of fused-ring (bicyclic) bond motifs is 1. The van der Waals surface area contributed by atoms with Crippen LogP contribution in [0.2, 0.25) is 0 Å². The Morgan fingerprint density at radius 2 is 2.21 bits per heavy atom. The highest BCUT2D eigenvalue weighted by Gasteiger charge is 2.07. The van der Waals surface area contributed by atoms with E-state index in [2.05, 4.69) is 20.9 Å². The van der Waals surface area contributed by atoms with Crippen molar-refractivity contribution in [3.63, 3.8) is 0 Å². The van der Waals surface area contributed by atoms with Crippen LogP contribution >= 0.6 is 15.9 Å². The normalized spacial score (nSPS) is 11.4. The fourth-order valence-corrected chi connectivity index (χ4v) is 1.67. The van der Waals surface area contributed by atoms with Gasteiger partial charge in [-0.05, 0) is 18.2 Å². The molecule has 0 aliphatic rings. The zero-order valence-electron chi connectivity index (χ0n) is 7.12. The Kier molecular flexibility index (Phi) is 2.50. The third-order valence-electron chi connectivity index (χ3n) is 1.92. The molecule has 0 N–H and O–H groups in total. The van der Waals surface area contributed by atoms with Crippen LogP contribution < -0.4 is 0 Å². The fraction of sp³-hybridized carbons (Fsp3) is 0.222. The van der Waals surface area contributed by atoms with Gasteiger partial charge in [0.25, 0.3) is 6.43 Å². The first-order valence-electron chi connectivity index (χ1n) is 4.05. The molecule has 0 bridgehead atoms. The summed E-state index contributed by atoms with van der Waals surface area (Å²) in [6, 6.07) is 5.41. The second kappa shape index (κ2) is 3.65. The molecule has 1 aromatic heterocycles. The molecule has 0 saturated carbocycles. The molecule has 0 atom stereocenters. The number of hydrogen-bond donors (Lipinski definition) is 0. The zero-order chi connectivity index (χ0) is 10.1. The third-order valence-corrected chi connectivity index (χ3v) is 2.41. The van der Waals surface area contributed by atoms with Crippen molar-refractivity contribution in [2.45, 2.75) is 13.0 Å². The minimum atomic E-state index is -2.36. The molecule has 74 valence electrons. The molecular weight excluding hydrogens is 254 g/mol. The Labute approximate surface area is 87.7 Å². The number of nitrogens with zero attached hydrogens (tertiary/aromatic N) is 2. The van der Waals surface area contributed by atoms with Gasteiger partial charge in [-0.25, -0.2) is 13.8 Å².